The highest BCUT2D eigenvalue weighted by molar-refractivity contribution is 5.85. The van der Waals surface area contributed by atoms with Crippen LogP contribution in [0.15, 0.2) is 0 Å². The van der Waals surface area contributed by atoms with Gasteiger partial charge in [-0.05, 0) is 6.92 Å². The molecule has 0 fully saturated rings. The molecule has 0 aliphatic heterocycles. The molecule has 0 saturated carbocycles. The molecule has 0 rings (SSSR count). The Morgan fingerprint density at radius 3 is 2.47 bits per heavy atom. The zero-order valence-electron chi connectivity index (χ0n) is 8.91. The number of nitrogens with two attached hydrogens (primary N) is 2. The van der Waals surface area contributed by atoms with Crippen molar-refractivity contribution < 1.29 is 9.59 Å². The Morgan fingerprint density at radius 2 is 2.07 bits per heavy atom. The molecule has 86 valence electrons. The maximum absolute atomic E-state index is 11.2. The molecule has 0 aromatic rings. The number of likely N-dealkylation sites (N-methyl/N-ethyl adjacent to an activating group) is 1. The van der Waals surface area contributed by atoms with E-state index in [0.717, 1.165) is 0 Å². The van der Waals surface area contributed by atoms with Gasteiger partial charge in [-0.2, -0.15) is 0 Å². The second kappa shape index (κ2) is 5.97. The van der Waals surface area contributed by atoms with E-state index in [0.29, 0.717) is 0 Å². The molecule has 1 unspecified atom stereocenters. The Morgan fingerprint density at radius 1 is 1.53 bits per heavy atom. The Bertz CT molecular complexity index is 266. The maximum atomic E-state index is 11.2. The molecule has 0 saturated heterocycles. The third-order valence-electron chi connectivity index (χ3n) is 1.83. The summed E-state index contributed by atoms with van der Waals surface area (Å²) in [5.41, 5.74) is 10.5. The minimum atomic E-state index is -0.684. The number of ketones is 1. The van der Waals surface area contributed by atoms with Crippen molar-refractivity contribution in [1.29, 1.82) is 5.41 Å². The molecule has 0 aromatic heterocycles. The summed E-state index contributed by atoms with van der Waals surface area (Å²) in [5, 5.41) is 9.49. The van der Waals surface area contributed by atoms with Crippen LogP contribution in [-0.4, -0.2) is 48.7 Å². The summed E-state index contributed by atoms with van der Waals surface area (Å²) < 4.78 is 0. The molecule has 7 nitrogen and oxygen atoms in total. The molecular formula is C8H17N5O2. The molecule has 0 aliphatic rings. The van der Waals surface area contributed by atoms with Crippen LogP contribution in [0.2, 0.25) is 0 Å². The Labute approximate surface area is 88.3 Å². The van der Waals surface area contributed by atoms with E-state index in [9.17, 15) is 9.59 Å². The topological polar surface area (TPSA) is 125 Å². The van der Waals surface area contributed by atoms with E-state index in [1.165, 1.54) is 18.9 Å². The number of guanidine groups is 1. The van der Waals surface area contributed by atoms with Crippen LogP contribution in [0.3, 0.4) is 0 Å². The first-order chi connectivity index (χ1) is 6.84. The number of nitrogens with zero attached hydrogens (tertiary/aromatic N) is 1. The van der Waals surface area contributed by atoms with E-state index < -0.39 is 6.04 Å². The lowest BCUT2D eigenvalue weighted by Gasteiger charge is -2.16. The highest BCUT2D eigenvalue weighted by Crippen LogP contribution is 1.82. The van der Waals surface area contributed by atoms with Gasteiger partial charge in [0.1, 0.15) is 5.78 Å². The molecule has 0 spiro atoms. The van der Waals surface area contributed by atoms with Crippen LogP contribution < -0.4 is 16.8 Å². The predicted octanol–water partition coefficient (Wildman–Crippen LogP) is -2.16. The summed E-state index contributed by atoms with van der Waals surface area (Å²) in [7, 11) is 1.52. The number of carbonyl (C=O) groups excluding carboxylic acids is 2. The molecule has 15 heavy (non-hydrogen) atoms. The van der Waals surface area contributed by atoms with E-state index in [1.54, 1.807) is 0 Å². The van der Waals surface area contributed by atoms with Gasteiger partial charge in [0.15, 0.2) is 5.96 Å². The van der Waals surface area contributed by atoms with E-state index >= 15 is 0 Å². The normalized spacial score (nSPS) is 11.7. The van der Waals surface area contributed by atoms with Gasteiger partial charge >= 0.3 is 0 Å². The first-order valence-corrected chi connectivity index (χ1v) is 4.42. The zero-order chi connectivity index (χ0) is 12.0. The molecule has 0 radical (unpaired) electrons. The number of Topliss-reactive ketones (excluding diaryl/α,β-unsaturated/α-hetero) is 1. The molecule has 0 heterocycles. The molecule has 7 heteroatoms. The van der Waals surface area contributed by atoms with Crippen LogP contribution in [0, 0.1) is 5.41 Å². The monoisotopic (exact) mass is 215 g/mol. The highest BCUT2D eigenvalue weighted by atomic mass is 16.2. The molecular weight excluding hydrogens is 198 g/mol. The lowest BCUT2D eigenvalue weighted by molar-refractivity contribution is -0.121. The average molecular weight is 215 g/mol. The standard InChI is InChI=1S/C8H17N5O2/c1-5(14)6(9)3-12-7(15)4-13(2)8(10)11/h6H,3-4,9H2,1-2H3,(H3,10,11)(H,12,15). The van der Waals surface area contributed by atoms with Gasteiger partial charge in [0.05, 0.1) is 12.6 Å². The molecule has 0 bridgehead atoms. The van der Waals surface area contributed by atoms with Gasteiger partial charge in [-0.3, -0.25) is 15.0 Å². The average Bonchev–Trinajstić information content (AvgIpc) is 2.13. The maximum Gasteiger partial charge on any atom is 0.239 e. The molecule has 1 atom stereocenters. The largest absolute Gasteiger partial charge is 0.370 e. The number of rotatable bonds is 5. The lowest BCUT2D eigenvalue weighted by Crippen LogP contribution is -2.46. The van der Waals surface area contributed by atoms with E-state index in [-0.39, 0.29) is 30.7 Å². The van der Waals surface area contributed by atoms with Crippen molar-refractivity contribution in [2.75, 3.05) is 20.1 Å². The summed E-state index contributed by atoms with van der Waals surface area (Å²) >= 11 is 0. The lowest BCUT2D eigenvalue weighted by atomic mass is 10.2. The summed E-state index contributed by atoms with van der Waals surface area (Å²) in [6.07, 6.45) is 0. The van der Waals surface area contributed by atoms with Crippen LogP contribution in [0.5, 0.6) is 0 Å². The Hall–Kier alpha value is -1.63. The van der Waals surface area contributed by atoms with Crippen molar-refractivity contribution in [1.82, 2.24) is 10.2 Å². The smallest absolute Gasteiger partial charge is 0.239 e. The number of carbonyl (C=O) groups is 2. The number of nitrogens with one attached hydrogen (secondary N) is 2. The summed E-state index contributed by atoms with van der Waals surface area (Å²) in [4.78, 5) is 23.2. The fraction of sp³-hybridized carbons (Fsp3) is 0.625. The van der Waals surface area contributed by atoms with Gasteiger partial charge in [-0.1, -0.05) is 0 Å². The molecule has 6 N–H and O–H groups in total. The second-order valence-corrected chi connectivity index (χ2v) is 3.26. The van der Waals surface area contributed by atoms with E-state index in [2.05, 4.69) is 5.32 Å². The van der Waals surface area contributed by atoms with Crippen molar-refractivity contribution in [2.24, 2.45) is 11.5 Å². The van der Waals surface area contributed by atoms with Crippen LogP contribution in [-0.2, 0) is 9.59 Å². The number of hydrogen-bond donors (Lipinski definition) is 4. The van der Waals surface area contributed by atoms with Gasteiger partial charge in [0, 0.05) is 13.6 Å². The first-order valence-electron chi connectivity index (χ1n) is 4.42. The van der Waals surface area contributed by atoms with Crippen LogP contribution >= 0.6 is 0 Å². The van der Waals surface area contributed by atoms with E-state index in [1.807, 2.05) is 0 Å². The molecule has 1 amide bonds. The predicted molar refractivity (Wildman–Crippen MR) is 56.2 cm³/mol. The molecule has 0 aliphatic carbocycles. The minimum Gasteiger partial charge on any atom is -0.370 e. The highest BCUT2D eigenvalue weighted by Gasteiger charge is 2.11. The quantitative estimate of drug-likeness (QED) is 0.307. The van der Waals surface area contributed by atoms with Gasteiger partial charge < -0.3 is 21.7 Å². The van der Waals surface area contributed by atoms with Crippen LogP contribution in [0.25, 0.3) is 0 Å². The second-order valence-electron chi connectivity index (χ2n) is 3.26. The van der Waals surface area contributed by atoms with Gasteiger partial charge in [0.25, 0.3) is 0 Å². The first kappa shape index (κ1) is 13.4. The summed E-state index contributed by atoms with van der Waals surface area (Å²) in [6, 6.07) is -0.684. The Kier molecular flexibility index (Phi) is 5.32. The SMILES string of the molecule is CC(=O)C(N)CNC(=O)CN(C)C(=N)N. The van der Waals surface area contributed by atoms with Crippen molar-refractivity contribution in [3.63, 3.8) is 0 Å². The van der Waals surface area contributed by atoms with Crippen LogP contribution in [0.4, 0.5) is 0 Å². The summed E-state index contributed by atoms with van der Waals surface area (Å²) in [6.45, 7) is 1.43. The minimum absolute atomic E-state index is 0.0278. The number of amides is 1. The van der Waals surface area contributed by atoms with E-state index in [4.69, 9.17) is 16.9 Å². The van der Waals surface area contributed by atoms with Crippen LogP contribution in [0.1, 0.15) is 6.92 Å². The fourth-order valence-electron chi connectivity index (χ4n) is 0.724. The zero-order valence-corrected chi connectivity index (χ0v) is 8.91. The van der Waals surface area contributed by atoms with Crippen molar-refractivity contribution in [3.8, 4) is 0 Å². The third-order valence-corrected chi connectivity index (χ3v) is 1.83. The molecule has 0 aromatic carbocycles. The fourth-order valence-corrected chi connectivity index (χ4v) is 0.724. The summed E-state index contributed by atoms with van der Waals surface area (Å²) in [5.74, 6) is -0.708. The van der Waals surface area contributed by atoms with Crippen molar-refractivity contribution in [3.05, 3.63) is 0 Å². The van der Waals surface area contributed by atoms with Gasteiger partial charge in [-0.25, -0.2) is 0 Å². The van der Waals surface area contributed by atoms with Gasteiger partial charge in [0.2, 0.25) is 5.91 Å². The van der Waals surface area contributed by atoms with Crippen molar-refractivity contribution >= 4 is 17.6 Å². The Balaban J connectivity index is 3.85. The third kappa shape index (κ3) is 5.63. The van der Waals surface area contributed by atoms with Gasteiger partial charge in [-0.15, -0.1) is 0 Å². The van der Waals surface area contributed by atoms with Crippen molar-refractivity contribution in [2.45, 2.75) is 13.0 Å². The number of hydrogen-bond acceptors (Lipinski definition) is 4.